The molecular formula is C15H21NO2. The van der Waals surface area contributed by atoms with Gasteiger partial charge < -0.3 is 9.52 Å². The van der Waals surface area contributed by atoms with Gasteiger partial charge in [-0.2, -0.15) is 5.26 Å². The van der Waals surface area contributed by atoms with Crippen molar-refractivity contribution in [3.05, 3.63) is 23.7 Å². The van der Waals surface area contributed by atoms with Crippen LogP contribution < -0.4 is 0 Å². The molecule has 3 atom stereocenters. The molecular weight excluding hydrogens is 226 g/mol. The topological polar surface area (TPSA) is 57.2 Å². The van der Waals surface area contributed by atoms with Gasteiger partial charge in [0.25, 0.3) is 0 Å². The van der Waals surface area contributed by atoms with E-state index in [1.807, 2.05) is 19.1 Å². The van der Waals surface area contributed by atoms with Crippen LogP contribution in [-0.2, 0) is 6.42 Å². The van der Waals surface area contributed by atoms with Crippen LogP contribution in [0.5, 0.6) is 0 Å². The Morgan fingerprint density at radius 1 is 1.56 bits per heavy atom. The third-order valence-electron chi connectivity index (χ3n) is 4.28. The predicted octanol–water partition coefficient (Wildman–Crippen LogP) is 3.60. The molecule has 0 radical (unpaired) electrons. The summed E-state index contributed by atoms with van der Waals surface area (Å²) in [7, 11) is 0. The Labute approximate surface area is 108 Å². The van der Waals surface area contributed by atoms with Crippen molar-refractivity contribution in [2.75, 3.05) is 0 Å². The minimum absolute atomic E-state index is 0.546. The third kappa shape index (κ3) is 2.18. The largest absolute Gasteiger partial charge is 0.463 e. The van der Waals surface area contributed by atoms with E-state index in [1.54, 1.807) is 0 Å². The van der Waals surface area contributed by atoms with E-state index in [-0.39, 0.29) is 0 Å². The zero-order valence-corrected chi connectivity index (χ0v) is 11.1. The number of aliphatic hydroxyl groups excluding tert-OH is 1. The lowest BCUT2D eigenvalue weighted by Crippen LogP contribution is -2.24. The molecule has 1 N–H and O–H groups in total. The lowest BCUT2D eigenvalue weighted by molar-refractivity contribution is 0.0441. The highest BCUT2D eigenvalue weighted by atomic mass is 16.4. The summed E-state index contributed by atoms with van der Waals surface area (Å²) in [4.78, 5) is 0. The van der Waals surface area contributed by atoms with E-state index >= 15 is 0 Å². The van der Waals surface area contributed by atoms with Crippen molar-refractivity contribution in [1.82, 2.24) is 0 Å². The average Bonchev–Trinajstić information content (AvgIpc) is 3.05. The molecule has 1 aliphatic carbocycles. The van der Waals surface area contributed by atoms with Gasteiger partial charge in [-0.25, -0.2) is 0 Å². The molecule has 3 unspecified atom stereocenters. The van der Waals surface area contributed by atoms with Crippen molar-refractivity contribution < 1.29 is 9.52 Å². The van der Waals surface area contributed by atoms with Crippen molar-refractivity contribution in [2.45, 2.75) is 52.1 Å². The summed E-state index contributed by atoms with van der Waals surface area (Å²) in [6, 6.07) is 6.05. The Bertz CT molecular complexity index is 446. The SMILES string of the molecule is CCc1ccc(C(O)C2(C#N)CCC(CC)C2)o1. The van der Waals surface area contributed by atoms with Gasteiger partial charge in [-0.05, 0) is 37.3 Å². The quantitative estimate of drug-likeness (QED) is 0.884. The predicted molar refractivity (Wildman–Crippen MR) is 68.7 cm³/mol. The molecule has 1 heterocycles. The average molecular weight is 247 g/mol. The van der Waals surface area contributed by atoms with Crippen LogP contribution in [0.2, 0.25) is 0 Å². The lowest BCUT2D eigenvalue weighted by Gasteiger charge is -2.25. The summed E-state index contributed by atoms with van der Waals surface area (Å²) in [5.74, 6) is 1.97. The molecule has 1 fully saturated rings. The summed E-state index contributed by atoms with van der Waals surface area (Å²) in [5, 5.41) is 20.0. The zero-order valence-electron chi connectivity index (χ0n) is 11.1. The number of rotatable bonds is 4. The summed E-state index contributed by atoms with van der Waals surface area (Å²) in [6.45, 7) is 4.16. The maximum atomic E-state index is 10.5. The van der Waals surface area contributed by atoms with Gasteiger partial charge in [0.15, 0.2) is 0 Å². The molecule has 1 saturated carbocycles. The first-order valence-corrected chi connectivity index (χ1v) is 6.83. The van der Waals surface area contributed by atoms with Gasteiger partial charge in [0.1, 0.15) is 17.6 Å². The van der Waals surface area contributed by atoms with Crippen LogP contribution in [0.1, 0.15) is 57.2 Å². The van der Waals surface area contributed by atoms with E-state index in [0.29, 0.717) is 11.7 Å². The van der Waals surface area contributed by atoms with Gasteiger partial charge in [0.2, 0.25) is 0 Å². The van der Waals surface area contributed by atoms with E-state index < -0.39 is 11.5 Å². The third-order valence-corrected chi connectivity index (χ3v) is 4.28. The minimum atomic E-state index is -0.792. The maximum Gasteiger partial charge on any atom is 0.134 e. The smallest absolute Gasteiger partial charge is 0.134 e. The van der Waals surface area contributed by atoms with E-state index in [2.05, 4.69) is 13.0 Å². The van der Waals surface area contributed by atoms with Crippen LogP contribution in [0.3, 0.4) is 0 Å². The molecule has 1 aromatic rings. The molecule has 98 valence electrons. The first kappa shape index (κ1) is 13.2. The van der Waals surface area contributed by atoms with Crippen molar-refractivity contribution >= 4 is 0 Å². The Morgan fingerprint density at radius 2 is 2.33 bits per heavy atom. The molecule has 0 spiro atoms. The number of aryl methyl sites for hydroxylation is 1. The van der Waals surface area contributed by atoms with E-state index in [0.717, 1.165) is 37.9 Å². The van der Waals surface area contributed by atoms with E-state index in [4.69, 9.17) is 4.42 Å². The molecule has 1 aromatic heterocycles. The van der Waals surface area contributed by atoms with Gasteiger partial charge >= 0.3 is 0 Å². The Hall–Kier alpha value is -1.27. The molecule has 0 amide bonds. The first-order valence-electron chi connectivity index (χ1n) is 6.83. The highest BCUT2D eigenvalue weighted by Gasteiger charge is 2.46. The van der Waals surface area contributed by atoms with Crippen molar-refractivity contribution in [3.8, 4) is 6.07 Å². The Balaban J connectivity index is 2.21. The highest BCUT2D eigenvalue weighted by molar-refractivity contribution is 5.18. The molecule has 0 bridgehead atoms. The van der Waals surface area contributed by atoms with Crippen LogP contribution in [-0.4, -0.2) is 5.11 Å². The van der Waals surface area contributed by atoms with Crippen LogP contribution in [0, 0.1) is 22.7 Å². The van der Waals surface area contributed by atoms with Crippen LogP contribution >= 0.6 is 0 Å². The second-order valence-electron chi connectivity index (χ2n) is 5.35. The summed E-state index contributed by atoms with van der Waals surface area (Å²) < 4.78 is 5.60. The van der Waals surface area contributed by atoms with Crippen LogP contribution in [0.15, 0.2) is 16.5 Å². The first-order chi connectivity index (χ1) is 8.65. The fourth-order valence-electron chi connectivity index (χ4n) is 2.94. The van der Waals surface area contributed by atoms with Crippen LogP contribution in [0.4, 0.5) is 0 Å². The van der Waals surface area contributed by atoms with Crippen molar-refractivity contribution in [2.24, 2.45) is 11.3 Å². The van der Waals surface area contributed by atoms with Gasteiger partial charge in [-0.3, -0.25) is 0 Å². The molecule has 3 heteroatoms. The Kier molecular flexibility index (Phi) is 3.77. The number of hydrogen-bond donors (Lipinski definition) is 1. The number of hydrogen-bond acceptors (Lipinski definition) is 3. The lowest BCUT2D eigenvalue weighted by atomic mass is 9.80. The molecule has 0 saturated heterocycles. The summed E-state index contributed by atoms with van der Waals surface area (Å²) in [5.41, 5.74) is -0.649. The van der Waals surface area contributed by atoms with Crippen molar-refractivity contribution in [1.29, 1.82) is 5.26 Å². The fraction of sp³-hybridized carbons (Fsp3) is 0.667. The summed E-state index contributed by atoms with van der Waals surface area (Å²) in [6.07, 6.45) is 3.68. The van der Waals surface area contributed by atoms with Crippen molar-refractivity contribution in [3.63, 3.8) is 0 Å². The van der Waals surface area contributed by atoms with Gasteiger partial charge in [-0.1, -0.05) is 20.3 Å². The second kappa shape index (κ2) is 5.16. The van der Waals surface area contributed by atoms with E-state index in [1.165, 1.54) is 0 Å². The Morgan fingerprint density at radius 3 is 2.83 bits per heavy atom. The van der Waals surface area contributed by atoms with Crippen LogP contribution in [0.25, 0.3) is 0 Å². The molecule has 2 rings (SSSR count). The van der Waals surface area contributed by atoms with Gasteiger partial charge in [-0.15, -0.1) is 0 Å². The minimum Gasteiger partial charge on any atom is -0.463 e. The highest BCUT2D eigenvalue weighted by Crippen LogP contribution is 2.50. The molecule has 1 aliphatic rings. The number of nitrogens with zero attached hydrogens (tertiary/aromatic N) is 1. The number of furan rings is 1. The molecule has 0 aliphatic heterocycles. The van der Waals surface area contributed by atoms with E-state index in [9.17, 15) is 10.4 Å². The second-order valence-corrected chi connectivity index (χ2v) is 5.35. The fourth-order valence-corrected chi connectivity index (χ4v) is 2.94. The molecule has 18 heavy (non-hydrogen) atoms. The number of aliphatic hydroxyl groups is 1. The normalized spacial score (nSPS) is 29.1. The molecule has 3 nitrogen and oxygen atoms in total. The number of nitriles is 1. The maximum absolute atomic E-state index is 10.5. The monoisotopic (exact) mass is 247 g/mol. The molecule has 0 aromatic carbocycles. The standard InChI is InChI=1S/C15H21NO2/c1-3-11-7-8-15(9-11,10-16)14(17)13-6-5-12(4-2)18-13/h5-6,11,14,17H,3-4,7-9H2,1-2H3. The van der Waals surface area contributed by atoms with Gasteiger partial charge in [0, 0.05) is 6.42 Å². The summed E-state index contributed by atoms with van der Waals surface area (Å²) >= 11 is 0. The van der Waals surface area contributed by atoms with Gasteiger partial charge in [0.05, 0.1) is 11.5 Å². The zero-order chi connectivity index (χ0) is 13.2.